The third kappa shape index (κ3) is 2.27. The fourth-order valence-electron chi connectivity index (χ4n) is 2.61. The highest BCUT2D eigenvalue weighted by Gasteiger charge is 2.38. The van der Waals surface area contributed by atoms with Gasteiger partial charge in [-0.3, -0.25) is 9.89 Å². The molecule has 2 heterocycles. The zero-order valence-electron chi connectivity index (χ0n) is 11.4. The van der Waals surface area contributed by atoms with Crippen molar-refractivity contribution < 1.29 is 4.79 Å². The number of piperidine rings is 1. The van der Waals surface area contributed by atoms with Crippen LogP contribution in [0.15, 0.2) is 0 Å². The lowest BCUT2D eigenvalue weighted by Crippen LogP contribution is -2.47. The highest BCUT2D eigenvalue weighted by molar-refractivity contribution is 5.96. The molecule has 0 spiro atoms. The fourth-order valence-corrected chi connectivity index (χ4v) is 2.61. The Morgan fingerprint density at radius 1 is 1.50 bits per heavy atom. The number of carbonyl (C=O) groups excluding carboxylic acids is 1. The van der Waals surface area contributed by atoms with Gasteiger partial charge in [-0.25, -0.2) is 0 Å². The maximum atomic E-state index is 12.5. The first kappa shape index (κ1) is 13.1. The second-order valence-electron chi connectivity index (χ2n) is 5.18. The van der Waals surface area contributed by atoms with Crippen molar-refractivity contribution in [3.05, 3.63) is 11.4 Å². The van der Waals surface area contributed by atoms with Gasteiger partial charge < -0.3 is 10.6 Å². The van der Waals surface area contributed by atoms with Gasteiger partial charge >= 0.3 is 0 Å². The zero-order valence-corrected chi connectivity index (χ0v) is 11.4. The maximum absolute atomic E-state index is 12.5. The molecule has 1 fully saturated rings. The average Bonchev–Trinajstić information content (AvgIpc) is 2.71. The van der Waals surface area contributed by atoms with E-state index in [9.17, 15) is 4.79 Å². The molecule has 0 radical (unpaired) electrons. The molecule has 2 rings (SSSR count). The van der Waals surface area contributed by atoms with Gasteiger partial charge in [0.2, 0.25) is 5.91 Å². The van der Waals surface area contributed by atoms with Gasteiger partial charge in [-0.2, -0.15) is 5.10 Å². The van der Waals surface area contributed by atoms with E-state index in [1.54, 1.807) is 0 Å². The largest absolute Gasteiger partial charge is 0.322 e. The quantitative estimate of drug-likeness (QED) is 0.765. The summed E-state index contributed by atoms with van der Waals surface area (Å²) in [7, 11) is 0. The Balaban J connectivity index is 2.15. The molecule has 100 valence electrons. The van der Waals surface area contributed by atoms with E-state index in [4.69, 9.17) is 0 Å². The second kappa shape index (κ2) is 5.10. The smallest absolute Gasteiger partial charge is 0.231 e. The van der Waals surface area contributed by atoms with Gasteiger partial charge in [0.05, 0.1) is 22.5 Å². The Hall–Kier alpha value is -1.36. The van der Waals surface area contributed by atoms with Crippen molar-refractivity contribution in [1.82, 2.24) is 15.5 Å². The molecule has 0 saturated carbocycles. The van der Waals surface area contributed by atoms with Gasteiger partial charge in [-0.05, 0) is 39.7 Å². The topological polar surface area (TPSA) is 69.8 Å². The predicted octanol–water partition coefficient (Wildman–Crippen LogP) is 1.74. The molecule has 0 bridgehead atoms. The summed E-state index contributed by atoms with van der Waals surface area (Å²) >= 11 is 0. The molecule has 1 atom stereocenters. The number of nitrogens with zero attached hydrogens (tertiary/aromatic N) is 1. The molecule has 5 heteroatoms. The number of aromatic nitrogens is 2. The number of aromatic amines is 1. The molecular weight excluding hydrogens is 228 g/mol. The number of anilines is 1. The van der Waals surface area contributed by atoms with E-state index in [2.05, 4.69) is 27.8 Å². The predicted molar refractivity (Wildman–Crippen MR) is 71.5 cm³/mol. The van der Waals surface area contributed by atoms with Gasteiger partial charge in [0, 0.05) is 6.54 Å². The number of carbonyl (C=O) groups is 1. The molecule has 3 N–H and O–H groups in total. The highest BCUT2D eigenvalue weighted by Crippen LogP contribution is 2.32. The van der Waals surface area contributed by atoms with Crippen molar-refractivity contribution in [2.75, 3.05) is 18.4 Å². The normalized spacial score (nSPS) is 23.9. The first-order chi connectivity index (χ1) is 8.59. The van der Waals surface area contributed by atoms with Crippen LogP contribution in [0.5, 0.6) is 0 Å². The Bertz CT molecular complexity index is 413. The first-order valence-corrected chi connectivity index (χ1v) is 6.63. The Morgan fingerprint density at radius 2 is 2.28 bits per heavy atom. The summed E-state index contributed by atoms with van der Waals surface area (Å²) in [5, 5.41) is 13.4. The van der Waals surface area contributed by atoms with Gasteiger partial charge in [0.25, 0.3) is 0 Å². The van der Waals surface area contributed by atoms with Gasteiger partial charge in [0.1, 0.15) is 0 Å². The van der Waals surface area contributed by atoms with Gasteiger partial charge in [-0.1, -0.05) is 6.92 Å². The minimum Gasteiger partial charge on any atom is -0.322 e. The molecule has 5 nitrogen and oxygen atoms in total. The van der Waals surface area contributed by atoms with E-state index >= 15 is 0 Å². The van der Waals surface area contributed by atoms with Gasteiger partial charge in [0.15, 0.2) is 0 Å². The van der Waals surface area contributed by atoms with Crippen molar-refractivity contribution in [1.29, 1.82) is 0 Å². The third-order valence-electron chi connectivity index (χ3n) is 4.00. The number of hydrogen-bond donors (Lipinski definition) is 3. The van der Waals surface area contributed by atoms with Crippen LogP contribution in [0.1, 0.15) is 37.6 Å². The van der Waals surface area contributed by atoms with Crippen molar-refractivity contribution in [3.63, 3.8) is 0 Å². The summed E-state index contributed by atoms with van der Waals surface area (Å²) < 4.78 is 0. The molecule has 0 aliphatic carbocycles. The molecule has 1 saturated heterocycles. The van der Waals surface area contributed by atoms with Crippen molar-refractivity contribution in [2.45, 2.75) is 40.0 Å². The molecular formula is C13H22N4O. The SMILES string of the molecule is CCC1(C(=O)Nc2c(C)n[nH]c2C)CCCNC1. The lowest BCUT2D eigenvalue weighted by molar-refractivity contribution is -0.126. The first-order valence-electron chi connectivity index (χ1n) is 6.63. The summed E-state index contributed by atoms with van der Waals surface area (Å²) in [4.78, 5) is 12.5. The van der Waals surface area contributed by atoms with Crippen LogP contribution in [0.4, 0.5) is 5.69 Å². The average molecular weight is 250 g/mol. The van der Waals surface area contributed by atoms with Crippen LogP contribution < -0.4 is 10.6 Å². The van der Waals surface area contributed by atoms with Crippen molar-refractivity contribution >= 4 is 11.6 Å². The standard InChI is InChI=1S/C13H22N4O/c1-4-13(6-5-7-14-8-13)12(18)15-11-9(2)16-17-10(11)3/h14H,4-8H2,1-3H3,(H,15,18)(H,16,17). The van der Waals surface area contributed by atoms with E-state index in [1.165, 1.54) is 0 Å². The van der Waals surface area contributed by atoms with Crippen LogP contribution in [0.25, 0.3) is 0 Å². The van der Waals surface area contributed by atoms with E-state index in [0.717, 1.165) is 49.4 Å². The fraction of sp³-hybridized carbons (Fsp3) is 0.692. The Kier molecular flexibility index (Phi) is 3.71. The molecule has 1 aliphatic rings. The lowest BCUT2D eigenvalue weighted by Gasteiger charge is -2.35. The van der Waals surface area contributed by atoms with E-state index < -0.39 is 0 Å². The molecule has 0 aromatic carbocycles. The molecule has 18 heavy (non-hydrogen) atoms. The molecule has 1 amide bonds. The van der Waals surface area contributed by atoms with Crippen LogP contribution in [0, 0.1) is 19.3 Å². The van der Waals surface area contributed by atoms with Crippen LogP contribution in [-0.2, 0) is 4.79 Å². The molecule has 1 aliphatic heterocycles. The minimum absolute atomic E-state index is 0.116. The van der Waals surface area contributed by atoms with Crippen LogP contribution >= 0.6 is 0 Å². The van der Waals surface area contributed by atoms with Crippen molar-refractivity contribution in [2.24, 2.45) is 5.41 Å². The van der Waals surface area contributed by atoms with E-state index in [0.29, 0.717) is 0 Å². The Labute approximate surface area is 108 Å². The number of aryl methyl sites for hydroxylation is 2. The molecule has 1 aromatic rings. The summed E-state index contributed by atoms with van der Waals surface area (Å²) in [6.45, 7) is 7.69. The monoisotopic (exact) mass is 250 g/mol. The highest BCUT2D eigenvalue weighted by atomic mass is 16.2. The number of H-pyrrole nitrogens is 1. The second-order valence-corrected chi connectivity index (χ2v) is 5.18. The van der Waals surface area contributed by atoms with E-state index in [1.807, 2.05) is 13.8 Å². The van der Waals surface area contributed by atoms with Crippen molar-refractivity contribution in [3.8, 4) is 0 Å². The zero-order chi connectivity index (χ0) is 13.2. The summed E-state index contributed by atoms with van der Waals surface area (Å²) in [5.74, 6) is 0.116. The number of rotatable bonds is 3. The summed E-state index contributed by atoms with van der Waals surface area (Å²) in [6.07, 6.45) is 2.88. The van der Waals surface area contributed by atoms with E-state index in [-0.39, 0.29) is 11.3 Å². The molecule has 1 aromatic heterocycles. The Morgan fingerprint density at radius 3 is 2.78 bits per heavy atom. The lowest BCUT2D eigenvalue weighted by atomic mass is 9.77. The third-order valence-corrected chi connectivity index (χ3v) is 4.00. The summed E-state index contributed by atoms with van der Waals surface area (Å²) in [5.41, 5.74) is 2.32. The van der Waals surface area contributed by atoms with Crippen LogP contribution in [-0.4, -0.2) is 29.2 Å². The number of amides is 1. The minimum atomic E-state index is -0.269. The number of nitrogens with one attached hydrogen (secondary N) is 3. The number of hydrogen-bond acceptors (Lipinski definition) is 3. The maximum Gasteiger partial charge on any atom is 0.231 e. The summed E-state index contributed by atoms with van der Waals surface area (Å²) in [6, 6.07) is 0. The van der Waals surface area contributed by atoms with Crippen LogP contribution in [0.2, 0.25) is 0 Å². The van der Waals surface area contributed by atoms with Gasteiger partial charge in [-0.15, -0.1) is 0 Å². The van der Waals surface area contributed by atoms with Crippen LogP contribution in [0.3, 0.4) is 0 Å². The molecule has 1 unspecified atom stereocenters.